The summed E-state index contributed by atoms with van der Waals surface area (Å²) in [4.78, 5) is 34.3. The minimum absolute atomic E-state index is 0.242. The number of aromatic nitrogens is 2. The van der Waals surface area contributed by atoms with Gasteiger partial charge in [0.1, 0.15) is 5.03 Å². The fourth-order valence-corrected chi connectivity index (χ4v) is 3.77. The molecular formula is C22H23N5O2S. The Balaban J connectivity index is 1.69. The van der Waals surface area contributed by atoms with Gasteiger partial charge in [-0.1, -0.05) is 6.92 Å². The third-order valence-electron chi connectivity index (χ3n) is 4.29. The van der Waals surface area contributed by atoms with Crippen LogP contribution >= 0.6 is 11.8 Å². The zero-order valence-corrected chi connectivity index (χ0v) is 17.4. The van der Waals surface area contributed by atoms with Gasteiger partial charge >= 0.3 is 6.03 Å². The number of hydrogen-bond donors (Lipinski definition) is 2. The Hall–Kier alpha value is -3.39. The van der Waals surface area contributed by atoms with Gasteiger partial charge in [0.15, 0.2) is 0 Å². The molecule has 0 radical (unpaired) electrons. The molecule has 0 bridgehead atoms. The van der Waals surface area contributed by atoms with Crippen LogP contribution in [0, 0.1) is 0 Å². The zero-order valence-electron chi connectivity index (χ0n) is 16.6. The number of carbonyl (C=O) groups is 2. The van der Waals surface area contributed by atoms with Gasteiger partial charge in [-0.3, -0.25) is 14.7 Å². The summed E-state index contributed by atoms with van der Waals surface area (Å²) in [5.41, 5.74) is 8.37. The number of carbonyl (C=O) groups excluding carboxylic acids is 2. The van der Waals surface area contributed by atoms with Crippen molar-refractivity contribution < 1.29 is 9.59 Å². The maximum Gasteiger partial charge on any atom is 0.319 e. The van der Waals surface area contributed by atoms with E-state index in [1.54, 1.807) is 55.0 Å². The maximum atomic E-state index is 12.8. The first-order valence-electron chi connectivity index (χ1n) is 9.53. The number of urea groups is 1. The van der Waals surface area contributed by atoms with Crippen molar-refractivity contribution in [2.75, 3.05) is 16.8 Å². The number of thioether (sulfide) groups is 1. The zero-order chi connectivity index (χ0) is 21.3. The molecule has 0 atom stereocenters. The van der Waals surface area contributed by atoms with Gasteiger partial charge in [-0.15, -0.1) is 11.8 Å². The van der Waals surface area contributed by atoms with Crippen LogP contribution in [0.1, 0.15) is 29.3 Å². The Morgan fingerprint density at radius 2 is 1.80 bits per heavy atom. The first kappa shape index (κ1) is 21.3. The van der Waals surface area contributed by atoms with E-state index < -0.39 is 6.03 Å². The molecular weight excluding hydrogens is 398 g/mol. The van der Waals surface area contributed by atoms with Gasteiger partial charge in [0.2, 0.25) is 0 Å². The number of rotatable bonds is 8. The largest absolute Gasteiger partial charge is 0.351 e. The van der Waals surface area contributed by atoms with E-state index >= 15 is 0 Å². The minimum Gasteiger partial charge on any atom is -0.351 e. The van der Waals surface area contributed by atoms with Crippen molar-refractivity contribution >= 4 is 35.1 Å². The van der Waals surface area contributed by atoms with Crippen LogP contribution in [0.25, 0.3) is 0 Å². The fourth-order valence-electron chi connectivity index (χ4n) is 2.82. The molecule has 0 saturated heterocycles. The van der Waals surface area contributed by atoms with E-state index in [1.165, 1.54) is 16.7 Å². The smallest absolute Gasteiger partial charge is 0.319 e. The van der Waals surface area contributed by atoms with E-state index in [0.717, 1.165) is 12.0 Å². The van der Waals surface area contributed by atoms with Crippen LogP contribution in [0.5, 0.6) is 0 Å². The van der Waals surface area contributed by atoms with Gasteiger partial charge in [0.25, 0.3) is 5.91 Å². The molecule has 154 valence electrons. The molecule has 1 aromatic carbocycles. The van der Waals surface area contributed by atoms with E-state index in [2.05, 4.69) is 15.3 Å². The molecule has 0 aliphatic heterocycles. The number of amides is 3. The van der Waals surface area contributed by atoms with Crippen LogP contribution in [0.2, 0.25) is 0 Å². The molecule has 7 nitrogen and oxygen atoms in total. The average Bonchev–Trinajstić information content (AvgIpc) is 2.77. The Kier molecular flexibility index (Phi) is 7.40. The summed E-state index contributed by atoms with van der Waals surface area (Å²) in [6.45, 7) is 2.51. The van der Waals surface area contributed by atoms with Gasteiger partial charge in [-0.2, -0.15) is 0 Å². The van der Waals surface area contributed by atoms with Crippen LogP contribution < -0.4 is 16.0 Å². The van der Waals surface area contributed by atoms with Crippen molar-refractivity contribution in [2.45, 2.75) is 24.1 Å². The molecule has 2 heterocycles. The SMILES string of the molecule is CCCN(C(N)=O)c1ccc(NC(=O)c2cccnc2SCc2ccncc2)cc1. The van der Waals surface area contributed by atoms with Crippen molar-refractivity contribution in [1.29, 1.82) is 0 Å². The van der Waals surface area contributed by atoms with Crippen LogP contribution in [0.15, 0.2) is 72.1 Å². The Morgan fingerprint density at radius 3 is 2.47 bits per heavy atom. The molecule has 3 N–H and O–H groups in total. The summed E-state index contributed by atoms with van der Waals surface area (Å²) in [5, 5.41) is 3.55. The van der Waals surface area contributed by atoms with Crippen LogP contribution in [0.3, 0.4) is 0 Å². The highest BCUT2D eigenvalue weighted by molar-refractivity contribution is 7.98. The van der Waals surface area contributed by atoms with Crippen LogP contribution in [-0.4, -0.2) is 28.5 Å². The van der Waals surface area contributed by atoms with Gasteiger partial charge in [0, 0.05) is 42.3 Å². The highest BCUT2D eigenvalue weighted by atomic mass is 32.2. The van der Waals surface area contributed by atoms with Gasteiger partial charge in [-0.05, 0) is 60.5 Å². The molecule has 0 aliphatic carbocycles. The molecule has 3 aromatic rings. The van der Waals surface area contributed by atoms with Crippen molar-refractivity contribution in [3.63, 3.8) is 0 Å². The monoisotopic (exact) mass is 421 g/mol. The molecule has 3 amide bonds. The van der Waals surface area contributed by atoms with Crippen molar-refractivity contribution in [3.05, 3.63) is 78.2 Å². The molecule has 3 rings (SSSR count). The standard InChI is InChI=1S/C22H23N5O2S/c1-2-14-27(22(23)29)18-7-5-17(6-8-18)26-20(28)19-4-3-11-25-21(19)30-15-16-9-12-24-13-10-16/h3-13H,2,14-15H2,1H3,(H2,23,29)(H,26,28). The third kappa shape index (κ3) is 5.57. The summed E-state index contributed by atoms with van der Waals surface area (Å²) in [7, 11) is 0. The second-order valence-electron chi connectivity index (χ2n) is 6.49. The molecule has 0 aliphatic rings. The van der Waals surface area contributed by atoms with Crippen molar-refractivity contribution in [1.82, 2.24) is 9.97 Å². The van der Waals surface area contributed by atoms with Gasteiger partial charge in [-0.25, -0.2) is 9.78 Å². The summed E-state index contributed by atoms with van der Waals surface area (Å²) in [6.07, 6.45) is 5.95. The predicted octanol–water partition coefficient (Wildman–Crippen LogP) is 4.32. The first-order valence-corrected chi connectivity index (χ1v) is 10.5. The van der Waals surface area contributed by atoms with E-state index in [4.69, 9.17) is 5.73 Å². The van der Waals surface area contributed by atoms with Crippen LogP contribution in [-0.2, 0) is 5.75 Å². The third-order valence-corrected chi connectivity index (χ3v) is 5.37. The molecule has 0 fully saturated rings. The lowest BCUT2D eigenvalue weighted by Crippen LogP contribution is -2.36. The lowest BCUT2D eigenvalue weighted by atomic mass is 10.2. The van der Waals surface area contributed by atoms with Crippen molar-refractivity contribution in [3.8, 4) is 0 Å². The number of nitrogens with zero attached hydrogens (tertiary/aromatic N) is 3. The second kappa shape index (κ2) is 10.4. The Bertz CT molecular complexity index is 996. The first-order chi connectivity index (χ1) is 14.6. The summed E-state index contributed by atoms with van der Waals surface area (Å²) in [6, 6.07) is 13.9. The molecule has 0 saturated carbocycles. The number of pyridine rings is 2. The Morgan fingerprint density at radius 1 is 1.07 bits per heavy atom. The van der Waals surface area contributed by atoms with Crippen LogP contribution in [0.4, 0.5) is 16.2 Å². The van der Waals surface area contributed by atoms with Crippen molar-refractivity contribution in [2.24, 2.45) is 5.73 Å². The molecule has 30 heavy (non-hydrogen) atoms. The normalized spacial score (nSPS) is 10.4. The highest BCUT2D eigenvalue weighted by Gasteiger charge is 2.15. The Labute approximate surface area is 179 Å². The number of benzene rings is 1. The maximum absolute atomic E-state index is 12.8. The lowest BCUT2D eigenvalue weighted by Gasteiger charge is -2.20. The lowest BCUT2D eigenvalue weighted by molar-refractivity contribution is 0.102. The van der Waals surface area contributed by atoms with Gasteiger partial charge < -0.3 is 11.1 Å². The average molecular weight is 422 g/mol. The van der Waals surface area contributed by atoms with E-state index in [0.29, 0.717) is 34.3 Å². The van der Waals surface area contributed by atoms with E-state index in [9.17, 15) is 9.59 Å². The minimum atomic E-state index is -0.500. The number of nitrogens with two attached hydrogens (primary N) is 1. The molecule has 2 aromatic heterocycles. The molecule has 0 unspecified atom stereocenters. The second-order valence-corrected chi connectivity index (χ2v) is 7.46. The number of primary amides is 1. The molecule has 8 heteroatoms. The number of hydrogen-bond acceptors (Lipinski definition) is 5. The number of nitrogens with one attached hydrogen (secondary N) is 1. The topological polar surface area (TPSA) is 101 Å². The predicted molar refractivity (Wildman–Crippen MR) is 120 cm³/mol. The molecule has 0 spiro atoms. The fraction of sp³-hybridized carbons (Fsp3) is 0.182. The van der Waals surface area contributed by atoms with E-state index in [1.807, 2.05) is 19.1 Å². The quantitative estimate of drug-likeness (QED) is 0.528. The summed E-state index contributed by atoms with van der Waals surface area (Å²) >= 11 is 1.50. The number of anilines is 2. The van der Waals surface area contributed by atoms with Gasteiger partial charge in [0.05, 0.1) is 5.56 Å². The van der Waals surface area contributed by atoms with E-state index in [-0.39, 0.29) is 5.91 Å². The highest BCUT2D eigenvalue weighted by Crippen LogP contribution is 2.25. The summed E-state index contributed by atoms with van der Waals surface area (Å²) < 4.78 is 0. The summed E-state index contributed by atoms with van der Waals surface area (Å²) in [5.74, 6) is 0.447.